The molecule has 200 valence electrons. The average Bonchev–Trinajstić information content (AvgIpc) is 3.51. The van der Waals surface area contributed by atoms with Crippen LogP contribution in [0, 0.1) is 6.92 Å². The van der Waals surface area contributed by atoms with Crippen molar-refractivity contribution >= 4 is 23.2 Å². The SMILES string of the molecule is COc1ccc(CNc2nc(Cl)c(C)c3nc(CCN4CCc5nn(C6CCC6)cc5C4)nn23)c(OC)c1. The van der Waals surface area contributed by atoms with Gasteiger partial charge in [0.2, 0.25) is 5.95 Å². The van der Waals surface area contributed by atoms with E-state index in [9.17, 15) is 0 Å². The van der Waals surface area contributed by atoms with E-state index < -0.39 is 0 Å². The second-order valence-corrected chi connectivity index (χ2v) is 10.4. The lowest BCUT2D eigenvalue weighted by Crippen LogP contribution is -2.32. The summed E-state index contributed by atoms with van der Waals surface area (Å²) in [4.78, 5) is 11.8. The second kappa shape index (κ2) is 10.4. The number of hydrogen-bond acceptors (Lipinski definition) is 8. The number of rotatable bonds is 9. The molecule has 0 spiro atoms. The molecule has 2 aliphatic rings. The van der Waals surface area contributed by atoms with Gasteiger partial charge in [0.05, 0.1) is 26.0 Å². The Morgan fingerprint density at radius 2 is 2.00 bits per heavy atom. The zero-order valence-electron chi connectivity index (χ0n) is 22.1. The first-order valence-electron chi connectivity index (χ1n) is 13.2. The molecule has 1 N–H and O–H groups in total. The Hall–Kier alpha value is -3.37. The fourth-order valence-electron chi connectivity index (χ4n) is 5.13. The molecular formula is C27H33ClN8O2. The lowest BCUT2D eigenvalue weighted by molar-refractivity contribution is 0.255. The van der Waals surface area contributed by atoms with E-state index in [4.69, 9.17) is 36.3 Å². The van der Waals surface area contributed by atoms with E-state index in [1.54, 1.807) is 18.7 Å². The van der Waals surface area contributed by atoms with E-state index >= 15 is 0 Å². The molecule has 1 saturated carbocycles. The predicted octanol–water partition coefficient (Wildman–Crippen LogP) is 4.24. The number of hydrogen-bond donors (Lipinski definition) is 1. The summed E-state index contributed by atoms with van der Waals surface area (Å²) in [7, 11) is 3.28. The second-order valence-electron chi connectivity index (χ2n) is 10.1. The van der Waals surface area contributed by atoms with E-state index in [1.807, 2.05) is 25.1 Å². The van der Waals surface area contributed by atoms with Crippen molar-refractivity contribution in [2.24, 2.45) is 0 Å². The van der Waals surface area contributed by atoms with Crippen molar-refractivity contribution in [2.45, 2.75) is 58.2 Å². The van der Waals surface area contributed by atoms with Crippen molar-refractivity contribution < 1.29 is 9.47 Å². The highest BCUT2D eigenvalue weighted by atomic mass is 35.5. The van der Waals surface area contributed by atoms with Crippen LogP contribution in [-0.4, -0.2) is 61.6 Å². The summed E-state index contributed by atoms with van der Waals surface area (Å²) in [6, 6.07) is 6.33. The first kappa shape index (κ1) is 24.9. The quantitative estimate of drug-likeness (QED) is 0.317. The molecule has 1 aromatic carbocycles. The van der Waals surface area contributed by atoms with Gasteiger partial charge in [0, 0.05) is 68.0 Å². The van der Waals surface area contributed by atoms with E-state index in [-0.39, 0.29) is 0 Å². The number of aromatic nitrogens is 6. The molecule has 0 unspecified atom stereocenters. The van der Waals surface area contributed by atoms with E-state index in [0.717, 1.165) is 60.9 Å². The number of anilines is 1. The van der Waals surface area contributed by atoms with Gasteiger partial charge in [-0.3, -0.25) is 9.58 Å². The molecule has 10 nitrogen and oxygen atoms in total. The molecule has 3 aromatic heterocycles. The first-order valence-corrected chi connectivity index (χ1v) is 13.6. The number of nitrogens with zero attached hydrogens (tertiary/aromatic N) is 7. The summed E-state index contributed by atoms with van der Waals surface area (Å²) in [5, 5.41) is 13.4. The molecule has 0 bridgehead atoms. The van der Waals surface area contributed by atoms with Crippen molar-refractivity contribution in [3.63, 3.8) is 0 Å². The Morgan fingerprint density at radius 3 is 2.76 bits per heavy atom. The summed E-state index contributed by atoms with van der Waals surface area (Å²) < 4.78 is 14.8. The van der Waals surface area contributed by atoms with Crippen molar-refractivity contribution in [2.75, 3.05) is 32.6 Å². The van der Waals surface area contributed by atoms with Crippen molar-refractivity contribution in [1.29, 1.82) is 0 Å². The summed E-state index contributed by atoms with van der Waals surface area (Å²) in [6.45, 7) is 5.22. The molecule has 1 aliphatic heterocycles. The summed E-state index contributed by atoms with van der Waals surface area (Å²) in [5.74, 6) is 2.78. The maximum absolute atomic E-state index is 6.48. The van der Waals surface area contributed by atoms with Gasteiger partial charge in [-0.15, -0.1) is 5.10 Å². The van der Waals surface area contributed by atoms with Gasteiger partial charge in [-0.1, -0.05) is 11.6 Å². The number of methoxy groups -OCH3 is 2. The third-order valence-corrected chi connectivity index (χ3v) is 8.05. The molecular weight excluding hydrogens is 504 g/mol. The maximum atomic E-state index is 6.48. The standard InChI is InChI=1S/C27H33ClN8O2/c1-17-25(28)31-27(29-14-18-7-8-21(37-2)13-23(18)38-3)36-26(17)30-24(33-36)10-12-34-11-9-22-19(15-34)16-35(32-22)20-5-4-6-20/h7-8,13,16,20H,4-6,9-12,14-15H2,1-3H3,(H,29,31). The molecule has 11 heteroatoms. The van der Waals surface area contributed by atoms with Gasteiger partial charge >= 0.3 is 0 Å². The Morgan fingerprint density at radius 1 is 1.13 bits per heavy atom. The van der Waals surface area contributed by atoms with Gasteiger partial charge in [-0.25, -0.2) is 9.97 Å². The Kier molecular flexibility index (Phi) is 6.84. The average molecular weight is 537 g/mol. The molecule has 0 amide bonds. The fraction of sp³-hybridized carbons (Fsp3) is 0.481. The van der Waals surface area contributed by atoms with Gasteiger partial charge in [-0.2, -0.15) is 9.61 Å². The molecule has 4 aromatic rings. The van der Waals surface area contributed by atoms with Crippen molar-refractivity contribution in [3.05, 3.63) is 57.8 Å². The fourth-order valence-corrected chi connectivity index (χ4v) is 5.30. The van der Waals surface area contributed by atoms with Crippen LogP contribution in [0.3, 0.4) is 0 Å². The number of fused-ring (bicyclic) bond motifs is 2. The minimum absolute atomic E-state index is 0.410. The van der Waals surface area contributed by atoms with Crippen molar-refractivity contribution in [1.82, 2.24) is 34.3 Å². The molecule has 0 atom stereocenters. The Labute approximate surface area is 226 Å². The van der Waals surface area contributed by atoms with Gasteiger partial charge in [-0.05, 0) is 38.3 Å². The van der Waals surface area contributed by atoms with Crippen LogP contribution >= 0.6 is 11.6 Å². The predicted molar refractivity (Wildman–Crippen MR) is 145 cm³/mol. The third kappa shape index (κ3) is 4.78. The Balaban J connectivity index is 1.16. The minimum Gasteiger partial charge on any atom is -0.497 e. The molecule has 0 saturated heterocycles. The smallest absolute Gasteiger partial charge is 0.227 e. The monoisotopic (exact) mass is 536 g/mol. The number of benzene rings is 1. The van der Waals surface area contributed by atoms with Gasteiger partial charge < -0.3 is 14.8 Å². The highest BCUT2D eigenvalue weighted by molar-refractivity contribution is 6.30. The largest absolute Gasteiger partial charge is 0.497 e. The van der Waals surface area contributed by atoms with Crippen LogP contribution < -0.4 is 14.8 Å². The minimum atomic E-state index is 0.410. The third-order valence-electron chi connectivity index (χ3n) is 7.69. The summed E-state index contributed by atoms with van der Waals surface area (Å²) in [5.41, 5.74) is 5.11. The highest BCUT2D eigenvalue weighted by Crippen LogP contribution is 2.32. The molecule has 0 radical (unpaired) electrons. The zero-order valence-corrected chi connectivity index (χ0v) is 22.8. The molecule has 4 heterocycles. The van der Waals surface area contributed by atoms with E-state index in [1.165, 1.54) is 30.5 Å². The van der Waals surface area contributed by atoms with Gasteiger partial charge in [0.15, 0.2) is 11.5 Å². The number of ether oxygens (including phenoxy) is 2. The normalized spacial score (nSPS) is 15.9. The van der Waals surface area contributed by atoms with E-state index in [0.29, 0.717) is 29.3 Å². The maximum Gasteiger partial charge on any atom is 0.227 e. The highest BCUT2D eigenvalue weighted by Gasteiger charge is 2.25. The van der Waals surface area contributed by atoms with Crippen LogP contribution in [0.2, 0.25) is 5.15 Å². The van der Waals surface area contributed by atoms with Crippen LogP contribution in [0.5, 0.6) is 11.5 Å². The van der Waals surface area contributed by atoms with E-state index in [2.05, 4.69) is 26.1 Å². The van der Waals surface area contributed by atoms with Crippen LogP contribution in [0.25, 0.3) is 5.65 Å². The van der Waals surface area contributed by atoms with Gasteiger partial charge in [0.1, 0.15) is 16.7 Å². The van der Waals surface area contributed by atoms with Crippen molar-refractivity contribution in [3.8, 4) is 11.5 Å². The van der Waals surface area contributed by atoms with Crippen LogP contribution in [0.15, 0.2) is 24.4 Å². The lowest BCUT2D eigenvalue weighted by atomic mass is 9.93. The number of nitrogens with one attached hydrogen (secondary N) is 1. The molecule has 1 fully saturated rings. The topological polar surface area (TPSA) is 94.6 Å². The lowest BCUT2D eigenvalue weighted by Gasteiger charge is -2.25. The molecule has 6 rings (SSSR count). The Bertz CT molecular complexity index is 1460. The number of aryl methyl sites for hydroxylation is 1. The first-order chi connectivity index (χ1) is 18.5. The molecule has 38 heavy (non-hydrogen) atoms. The van der Waals surface area contributed by atoms with Gasteiger partial charge in [0.25, 0.3) is 0 Å². The molecule has 1 aliphatic carbocycles. The number of halogens is 1. The van der Waals surface area contributed by atoms with Crippen LogP contribution in [0.4, 0.5) is 5.95 Å². The van der Waals surface area contributed by atoms with Crippen LogP contribution in [-0.2, 0) is 25.9 Å². The summed E-state index contributed by atoms with van der Waals surface area (Å²) in [6.07, 6.45) is 7.84. The summed E-state index contributed by atoms with van der Waals surface area (Å²) >= 11 is 6.48. The van der Waals surface area contributed by atoms with Crippen LogP contribution in [0.1, 0.15) is 53.5 Å². The zero-order chi connectivity index (χ0) is 26.2.